The first-order chi connectivity index (χ1) is 22.0. The Morgan fingerprint density at radius 1 is 0.913 bits per heavy atom. The van der Waals surface area contributed by atoms with Crippen molar-refractivity contribution in [1.82, 2.24) is 15.2 Å². The minimum absolute atomic E-state index is 0.0124. The van der Waals surface area contributed by atoms with Gasteiger partial charge in [-0.3, -0.25) is 9.59 Å². The maximum Gasteiger partial charge on any atom is 0.253 e. The third kappa shape index (κ3) is 6.78. The summed E-state index contributed by atoms with van der Waals surface area (Å²) in [6, 6.07) is 19.0. The second-order valence-electron chi connectivity index (χ2n) is 11.1. The van der Waals surface area contributed by atoms with E-state index in [4.69, 9.17) is 10.2 Å². The average Bonchev–Trinajstić information content (AvgIpc) is 3.47. The zero-order chi connectivity index (χ0) is 32.4. The molecule has 46 heavy (non-hydrogen) atoms. The van der Waals surface area contributed by atoms with Crippen LogP contribution in [0.4, 0.5) is 23.4 Å². The molecule has 0 aliphatic carbocycles. The summed E-state index contributed by atoms with van der Waals surface area (Å²) in [5.41, 5.74) is 9.38. The maximum absolute atomic E-state index is 14.3. The third-order valence-electron chi connectivity index (χ3n) is 7.82. The van der Waals surface area contributed by atoms with E-state index in [9.17, 15) is 27.2 Å². The van der Waals surface area contributed by atoms with Crippen LogP contribution in [0.5, 0.6) is 0 Å². The quantitative estimate of drug-likeness (QED) is 0.146. The van der Waals surface area contributed by atoms with Crippen LogP contribution in [0.15, 0.2) is 89.5 Å². The Kier molecular flexibility index (Phi) is 8.31. The van der Waals surface area contributed by atoms with Gasteiger partial charge < -0.3 is 20.4 Å². The Morgan fingerprint density at radius 2 is 1.65 bits per heavy atom. The highest BCUT2D eigenvalue weighted by Gasteiger charge is 2.35. The standard InChI is InChI=1S/C35H28F4N4O3/c36-29-8-7-24(18-30(29)37)28-17-25(22-3-5-23(6-4-22)34(45)43-13-11-35(38,39)12-14-43)15-26-16-27(46-33(26)28)20-42-32(44)10-2-21-1-9-31(40)41-19-21/h1-10,15-19H,11-14,20H2,(H2,40,41)(H,42,44). The number of amides is 2. The van der Waals surface area contributed by atoms with Gasteiger partial charge in [0, 0.05) is 54.7 Å². The SMILES string of the molecule is Nc1ccc(C=CC(=O)NCc2cc3cc(-c4ccc(C(=O)N5CCC(F)(F)CC5)cc4)cc(-c4ccc(F)c(F)c4)c3o2)cn1. The maximum atomic E-state index is 14.3. The highest BCUT2D eigenvalue weighted by Crippen LogP contribution is 2.37. The summed E-state index contributed by atoms with van der Waals surface area (Å²) < 4.78 is 61.3. The van der Waals surface area contributed by atoms with E-state index in [1.165, 1.54) is 17.0 Å². The molecule has 1 aliphatic heterocycles. The summed E-state index contributed by atoms with van der Waals surface area (Å²) in [6.45, 7) is 0.0343. The van der Waals surface area contributed by atoms with Crippen LogP contribution in [-0.4, -0.2) is 40.7 Å². The number of benzene rings is 3. The average molecular weight is 629 g/mol. The van der Waals surface area contributed by atoms with E-state index >= 15 is 0 Å². The topological polar surface area (TPSA) is 101 Å². The van der Waals surface area contributed by atoms with E-state index in [2.05, 4.69) is 10.3 Å². The number of nitrogens with one attached hydrogen (secondary N) is 1. The summed E-state index contributed by atoms with van der Waals surface area (Å²) in [4.78, 5) is 30.8. The Morgan fingerprint density at radius 3 is 2.35 bits per heavy atom. The molecule has 2 amide bonds. The molecule has 0 saturated carbocycles. The molecule has 7 nitrogen and oxygen atoms in total. The van der Waals surface area contributed by atoms with Gasteiger partial charge in [-0.25, -0.2) is 22.5 Å². The molecular weight excluding hydrogens is 600 g/mol. The number of nitrogen functional groups attached to an aromatic ring is 1. The van der Waals surface area contributed by atoms with Crippen molar-refractivity contribution in [2.45, 2.75) is 25.3 Å². The van der Waals surface area contributed by atoms with Crippen molar-refractivity contribution in [2.75, 3.05) is 18.8 Å². The fourth-order valence-electron chi connectivity index (χ4n) is 5.28. The van der Waals surface area contributed by atoms with Crippen LogP contribution < -0.4 is 11.1 Å². The van der Waals surface area contributed by atoms with E-state index in [0.29, 0.717) is 50.4 Å². The van der Waals surface area contributed by atoms with Crippen molar-refractivity contribution in [3.05, 3.63) is 114 Å². The molecular formula is C35H28F4N4O3. The fraction of sp³-hybridized carbons (Fsp3) is 0.171. The second-order valence-corrected chi connectivity index (χ2v) is 11.1. The zero-order valence-corrected chi connectivity index (χ0v) is 24.4. The number of rotatable bonds is 7. The lowest BCUT2D eigenvalue weighted by atomic mass is 9.96. The number of hydrogen-bond donors (Lipinski definition) is 2. The highest BCUT2D eigenvalue weighted by atomic mass is 19.3. The van der Waals surface area contributed by atoms with Gasteiger partial charge >= 0.3 is 0 Å². The normalized spacial score (nSPS) is 14.6. The molecule has 11 heteroatoms. The minimum atomic E-state index is -2.75. The minimum Gasteiger partial charge on any atom is -0.459 e. The molecule has 1 aliphatic rings. The largest absolute Gasteiger partial charge is 0.459 e. The van der Waals surface area contributed by atoms with Crippen LogP contribution in [-0.2, 0) is 11.3 Å². The van der Waals surface area contributed by atoms with Gasteiger partial charge in [0.15, 0.2) is 11.6 Å². The number of furan rings is 1. The van der Waals surface area contributed by atoms with Gasteiger partial charge in [-0.1, -0.05) is 18.2 Å². The van der Waals surface area contributed by atoms with Crippen molar-refractivity contribution < 1.29 is 31.6 Å². The number of alkyl halides is 2. The Labute approximate surface area is 261 Å². The van der Waals surface area contributed by atoms with Crippen molar-refractivity contribution in [2.24, 2.45) is 0 Å². The molecule has 5 aromatic rings. The van der Waals surface area contributed by atoms with Gasteiger partial charge in [-0.05, 0) is 82.9 Å². The fourth-order valence-corrected chi connectivity index (χ4v) is 5.28. The molecule has 0 bridgehead atoms. The smallest absolute Gasteiger partial charge is 0.253 e. The monoisotopic (exact) mass is 628 g/mol. The van der Waals surface area contributed by atoms with Crippen LogP contribution in [0.3, 0.4) is 0 Å². The Bertz CT molecular complexity index is 1940. The number of carbonyl (C=O) groups is 2. The number of carbonyl (C=O) groups excluding carboxylic acids is 2. The van der Waals surface area contributed by atoms with Gasteiger partial charge in [0.1, 0.15) is 17.2 Å². The summed E-state index contributed by atoms with van der Waals surface area (Å²) in [7, 11) is 0. The first-order valence-electron chi connectivity index (χ1n) is 14.5. The number of pyridine rings is 1. The number of aromatic nitrogens is 1. The van der Waals surface area contributed by atoms with Crippen molar-refractivity contribution in [3.8, 4) is 22.3 Å². The molecule has 0 unspecified atom stereocenters. The molecule has 3 heterocycles. The van der Waals surface area contributed by atoms with Gasteiger partial charge in [-0.15, -0.1) is 0 Å². The summed E-state index contributed by atoms with van der Waals surface area (Å²) in [5.74, 6) is -4.64. The van der Waals surface area contributed by atoms with Gasteiger partial charge in [0.25, 0.3) is 11.8 Å². The molecule has 3 N–H and O–H groups in total. The molecule has 2 aromatic heterocycles. The van der Waals surface area contributed by atoms with Crippen LogP contribution in [0.25, 0.3) is 39.3 Å². The Balaban J connectivity index is 1.26. The molecule has 3 aromatic carbocycles. The first kappa shape index (κ1) is 30.6. The zero-order valence-electron chi connectivity index (χ0n) is 24.4. The number of nitrogens with zero attached hydrogens (tertiary/aromatic N) is 2. The molecule has 6 rings (SSSR count). The third-order valence-corrected chi connectivity index (χ3v) is 7.82. The van der Waals surface area contributed by atoms with E-state index in [1.807, 2.05) is 6.07 Å². The number of anilines is 1. The summed E-state index contributed by atoms with van der Waals surface area (Å²) in [5, 5.41) is 3.41. The van der Waals surface area contributed by atoms with Crippen molar-refractivity contribution in [3.63, 3.8) is 0 Å². The van der Waals surface area contributed by atoms with Crippen molar-refractivity contribution in [1.29, 1.82) is 0 Å². The van der Waals surface area contributed by atoms with Gasteiger partial charge in [0.2, 0.25) is 5.91 Å². The van der Waals surface area contributed by atoms with Crippen molar-refractivity contribution >= 4 is 34.7 Å². The van der Waals surface area contributed by atoms with Gasteiger partial charge in [-0.2, -0.15) is 0 Å². The number of hydrogen-bond acceptors (Lipinski definition) is 5. The molecule has 1 fully saturated rings. The Hall–Kier alpha value is -5.45. The van der Waals surface area contributed by atoms with E-state index in [-0.39, 0.29) is 44.3 Å². The number of fused-ring (bicyclic) bond motifs is 1. The molecule has 1 saturated heterocycles. The highest BCUT2D eigenvalue weighted by molar-refractivity contribution is 5.98. The lowest BCUT2D eigenvalue weighted by molar-refractivity contribution is -0.116. The second kappa shape index (κ2) is 12.5. The number of piperidine rings is 1. The van der Waals surface area contributed by atoms with E-state index in [0.717, 1.165) is 17.7 Å². The van der Waals surface area contributed by atoms with Crippen LogP contribution >= 0.6 is 0 Å². The van der Waals surface area contributed by atoms with E-state index < -0.39 is 17.6 Å². The van der Waals surface area contributed by atoms with Crippen LogP contribution in [0.2, 0.25) is 0 Å². The molecule has 234 valence electrons. The summed E-state index contributed by atoms with van der Waals surface area (Å²) in [6.07, 6.45) is 3.77. The number of nitrogens with two attached hydrogens (primary N) is 1. The number of halogens is 4. The lowest BCUT2D eigenvalue weighted by Gasteiger charge is -2.31. The molecule has 0 atom stereocenters. The predicted octanol–water partition coefficient (Wildman–Crippen LogP) is 7.22. The number of likely N-dealkylation sites (tertiary alicyclic amines) is 1. The van der Waals surface area contributed by atoms with Gasteiger partial charge in [0.05, 0.1) is 6.54 Å². The lowest BCUT2D eigenvalue weighted by Crippen LogP contribution is -2.42. The van der Waals surface area contributed by atoms with E-state index in [1.54, 1.807) is 60.8 Å². The molecule has 0 radical (unpaired) electrons. The van der Waals surface area contributed by atoms with Crippen LogP contribution in [0.1, 0.15) is 34.5 Å². The molecule has 0 spiro atoms. The predicted molar refractivity (Wildman–Crippen MR) is 167 cm³/mol. The first-order valence-corrected chi connectivity index (χ1v) is 14.5. The van der Waals surface area contributed by atoms with Crippen LogP contribution in [0, 0.1) is 11.6 Å². The summed E-state index contributed by atoms with van der Waals surface area (Å²) >= 11 is 0.